The van der Waals surface area contributed by atoms with Crippen molar-refractivity contribution in [1.82, 2.24) is 5.16 Å². The topological polar surface area (TPSA) is 60.2 Å². The lowest BCUT2D eigenvalue weighted by atomic mass is 10.0. The molecule has 0 atom stereocenters. The van der Waals surface area contributed by atoms with Crippen LogP contribution in [0.25, 0.3) is 0 Å². The van der Waals surface area contributed by atoms with E-state index in [4.69, 9.17) is 16.1 Å². The molecule has 0 unspecified atom stereocenters. The lowest BCUT2D eigenvalue weighted by molar-refractivity contribution is 0.100. The summed E-state index contributed by atoms with van der Waals surface area (Å²) in [4.78, 5) is 25.2. The minimum Gasteiger partial charge on any atom is -0.363 e. The molecule has 1 aromatic carbocycles. The maximum atomic E-state index is 12.4. The molecule has 6 heteroatoms. The van der Waals surface area contributed by atoms with Gasteiger partial charge in [0.05, 0.1) is 10.4 Å². The van der Waals surface area contributed by atoms with Crippen LogP contribution in [0.5, 0.6) is 0 Å². The van der Waals surface area contributed by atoms with E-state index < -0.39 is 0 Å². The molecule has 0 aliphatic rings. The number of carbonyl (C=O) groups excluding carboxylic acids is 2. The molecule has 0 spiro atoms. The van der Waals surface area contributed by atoms with E-state index in [0.717, 1.165) is 0 Å². The molecule has 2 heterocycles. The molecule has 3 aromatic rings. The fourth-order valence-corrected chi connectivity index (χ4v) is 2.63. The molecule has 0 aliphatic carbocycles. The zero-order valence-corrected chi connectivity index (χ0v) is 12.1. The molecule has 104 valence electrons. The lowest BCUT2D eigenvalue weighted by Gasteiger charge is -2.00. The second-order valence-electron chi connectivity index (χ2n) is 4.22. The lowest BCUT2D eigenvalue weighted by Crippen LogP contribution is -2.09. The Morgan fingerprint density at radius 3 is 2.52 bits per heavy atom. The number of halogens is 1. The van der Waals surface area contributed by atoms with Crippen molar-refractivity contribution in [3.63, 3.8) is 0 Å². The van der Waals surface area contributed by atoms with Gasteiger partial charge in [0.15, 0.2) is 11.5 Å². The van der Waals surface area contributed by atoms with Crippen molar-refractivity contribution in [3.05, 3.63) is 74.8 Å². The third-order valence-electron chi connectivity index (χ3n) is 2.88. The van der Waals surface area contributed by atoms with E-state index in [2.05, 4.69) is 5.16 Å². The van der Waals surface area contributed by atoms with Gasteiger partial charge in [-0.25, -0.2) is 0 Å². The van der Waals surface area contributed by atoms with E-state index in [1.165, 1.54) is 17.6 Å². The predicted molar refractivity (Wildman–Crippen MR) is 79.1 cm³/mol. The molecular formula is C15H8ClNO3S. The molecule has 0 amide bonds. The Labute approximate surface area is 129 Å². The van der Waals surface area contributed by atoms with Gasteiger partial charge >= 0.3 is 0 Å². The summed E-state index contributed by atoms with van der Waals surface area (Å²) < 4.78 is 4.82. The molecule has 0 saturated carbocycles. The molecule has 0 bridgehead atoms. The Balaban J connectivity index is 1.97. The Morgan fingerprint density at radius 2 is 1.86 bits per heavy atom. The monoisotopic (exact) mass is 317 g/mol. The van der Waals surface area contributed by atoms with Gasteiger partial charge in [-0.3, -0.25) is 9.59 Å². The van der Waals surface area contributed by atoms with Gasteiger partial charge in [0.1, 0.15) is 6.26 Å². The summed E-state index contributed by atoms with van der Waals surface area (Å²) >= 11 is 7.08. The minimum absolute atomic E-state index is 0.0254. The quantitative estimate of drug-likeness (QED) is 0.686. The number of benzene rings is 1. The third kappa shape index (κ3) is 2.66. The second-order valence-corrected chi connectivity index (χ2v) is 5.60. The van der Waals surface area contributed by atoms with Gasteiger partial charge in [0.25, 0.3) is 0 Å². The highest BCUT2D eigenvalue weighted by Crippen LogP contribution is 2.20. The Hall–Kier alpha value is -2.24. The maximum absolute atomic E-state index is 12.4. The van der Waals surface area contributed by atoms with Gasteiger partial charge in [-0.2, -0.15) is 0 Å². The number of rotatable bonds is 4. The van der Waals surface area contributed by atoms with Crippen LogP contribution in [-0.4, -0.2) is 16.7 Å². The number of hydrogen-bond acceptors (Lipinski definition) is 5. The van der Waals surface area contributed by atoms with Crippen LogP contribution in [-0.2, 0) is 0 Å². The first-order valence-electron chi connectivity index (χ1n) is 5.99. The fourth-order valence-electron chi connectivity index (χ4n) is 1.84. The van der Waals surface area contributed by atoms with Crippen molar-refractivity contribution in [2.45, 2.75) is 0 Å². The highest BCUT2D eigenvalue weighted by atomic mass is 35.5. The Kier molecular flexibility index (Phi) is 3.68. The van der Waals surface area contributed by atoms with Crippen LogP contribution in [0.2, 0.25) is 5.02 Å². The van der Waals surface area contributed by atoms with E-state index in [1.54, 1.807) is 41.8 Å². The van der Waals surface area contributed by atoms with E-state index in [-0.39, 0.29) is 22.8 Å². The van der Waals surface area contributed by atoms with Crippen molar-refractivity contribution >= 4 is 34.5 Å². The average molecular weight is 318 g/mol. The van der Waals surface area contributed by atoms with Crippen molar-refractivity contribution in [2.24, 2.45) is 0 Å². The van der Waals surface area contributed by atoms with Crippen LogP contribution in [0.1, 0.15) is 31.3 Å². The zero-order valence-electron chi connectivity index (χ0n) is 10.6. The number of aromatic nitrogens is 1. The van der Waals surface area contributed by atoms with Crippen molar-refractivity contribution < 1.29 is 14.1 Å². The third-order valence-corrected chi connectivity index (χ3v) is 4.00. The maximum Gasteiger partial charge on any atom is 0.225 e. The zero-order chi connectivity index (χ0) is 14.8. The van der Waals surface area contributed by atoms with Crippen LogP contribution in [0.15, 0.2) is 52.6 Å². The number of ketones is 2. The van der Waals surface area contributed by atoms with Crippen LogP contribution in [0, 0.1) is 0 Å². The number of thiophene rings is 1. The summed E-state index contributed by atoms with van der Waals surface area (Å²) in [5, 5.41) is 5.99. The molecule has 0 N–H and O–H groups in total. The van der Waals surface area contributed by atoms with Crippen molar-refractivity contribution in [2.75, 3.05) is 0 Å². The van der Waals surface area contributed by atoms with E-state index in [9.17, 15) is 9.59 Å². The van der Waals surface area contributed by atoms with E-state index >= 15 is 0 Å². The fraction of sp³-hybridized carbons (Fsp3) is 0. The summed E-state index contributed by atoms with van der Waals surface area (Å²) in [5.41, 5.74) is 0.593. The Morgan fingerprint density at radius 1 is 1.10 bits per heavy atom. The molecule has 21 heavy (non-hydrogen) atoms. The first-order valence-corrected chi connectivity index (χ1v) is 7.25. The molecule has 0 fully saturated rings. The summed E-state index contributed by atoms with van der Waals surface area (Å²) in [6, 6.07) is 9.86. The van der Waals surface area contributed by atoms with E-state index in [0.29, 0.717) is 15.5 Å². The largest absolute Gasteiger partial charge is 0.363 e. The van der Waals surface area contributed by atoms with Crippen molar-refractivity contribution in [3.8, 4) is 0 Å². The van der Waals surface area contributed by atoms with Crippen LogP contribution in [0.3, 0.4) is 0 Å². The highest BCUT2D eigenvalue weighted by Gasteiger charge is 2.24. The highest BCUT2D eigenvalue weighted by molar-refractivity contribution is 7.12. The van der Waals surface area contributed by atoms with Crippen LogP contribution in [0.4, 0.5) is 0 Å². The molecule has 0 radical (unpaired) electrons. The van der Waals surface area contributed by atoms with Gasteiger partial charge in [-0.15, -0.1) is 11.3 Å². The second kappa shape index (κ2) is 5.63. The standard InChI is InChI=1S/C15H8ClNO3S/c16-10-5-3-9(4-6-10)14(18)11-8-20-17-13(11)15(19)12-2-1-7-21-12/h1-8H. The molecular weight excluding hydrogens is 310 g/mol. The summed E-state index contributed by atoms with van der Waals surface area (Å²) in [7, 11) is 0. The summed E-state index contributed by atoms with van der Waals surface area (Å²) in [6.07, 6.45) is 1.19. The van der Waals surface area contributed by atoms with Gasteiger partial charge in [0.2, 0.25) is 5.78 Å². The molecule has 0 aliphatic heterocycles. The predicted octanol–water partition coefficient (Wildman–Crippen LogP) is 3.85. The van der Waals surface area contributed by atoms with Gasteiger partial charge < -0.3 is 4.52 Å². The number of nitrogens with zero attached hydrogens (tertiary/aromatic N) is 1. The molecule has 4 nitrogen and oxygen atoms in total. The SMILES string of the molecule is O=C(c1ccc(Cl)cc1)c1conc1C(=O)c1cccs1. The first kappa shape index (κ1) is 13.7. The smallest absolute Gasteiger partial charge is 0.225 e. The number of carbonyl (C=O) groups is 2. The van der Waals surface area contributed by atoms with Crippen molar-refractivity contribution in [1.29, 1.82) is 0 Å². The van der Waals surface area contributed by atoms with Gasteiger partial charge in [0, 0.05) is 10.6 Å². The first-order chi connectivity index (χ1) is 10.2. The Bertz CT molecular complexity index is 791. The van der Waals surface area contributed by atoms with E-state index in [1.807, 2.05) is 0 Å². The molecule has 0 saturated heterocycles. The van der Waals surface area contributed by atoms with Crippen LogP contribution >= 0.6 is 22.9 Å². The average Bonchev–Trinajstić information content (AvgIpc) is 3.18. The van der Waals surface area contributed by atoms with Crippen LogP contribution < -0.4 is 0 Å². The number of hydrogen-bond donors (Lipinski definition) is 0. The summed E-state index contributed by atoms with van der Waals surface area (Å²) in [5.74, 6) is -0.649. The molecule has 2 aromatic heterocycles. The summed E-state index contributed by atoms with van der Waals surface area (Å²) in [6.45, 7) is 0. The minimum atomic E-state index is -0.326. The van der Waals surface area contributed by atoms with Gasteiger partial charge in [-0.05, 0) is 35.7 Å². The normalized spacial score (nSPS) is 10.5. The molecule has 3 rings (SSSR count). The van der Waals surface area contributed by atoms with Gasteiger partial charge in [-0.1, -0.05) is 22.8 Å².